The topological polar surface area (TPSA) is 103 Å². The number of hydrogen-bond donors (Lipinski definition) is 1. The van der Waals surface area contributed by atoms with Crippen LogP contribution in [0.3, 0.4) is 0 Å². The number of rotatable bonds is 10. The van der Waals surface area contributed by atoms with Crippen LogP contribution in [0.1, 0.15) is 27.0 Å². The van der Waals surface area contributed by atoms with E-state index in [4.69, 9.17) is 14.6 Å². The standard InChI is InChI=1S/C32H31N3O5/c1-3-7-26-18-24(20-29(39-2)30(26)40-22-23-10-12-25(13-11-23)32(37)38)19-27(21-33)31(36)35-16-14-34(15-17-35)28-8-5-4-6-9-28/h3-6,8-13,18-20H,1,7,14-17,22H2,2H3,(H,37,38)/b27-19-. The van der Waals surface area contributed by atoms with Gasteiger partial charge in [0, 0.05) is 37.4 Å². The molecule has 0 unspecified atom stereocenters. The Labute approximate surface area is 234 Å². The summed E-state index contributed by atoms with van der Waals surface area (Å²) in [4.78, 5) is 28.3. The first-order chi connectivity index (χ1) is 19.4. The molecule has 3 aromatic rings. The van der Waals surface area contributed by atoms with Crippen LogP contribution in [0.25, 0.3) is 6.08 Å². The number of ether oxygens (including phenoxy) is 2. The summed E-state index contributed by atoms with van der Waals surface area (Å²) in [5.41, 5.74) is 3.58. The molecule has 1 amide bonds. The van der Waals surface area contributed by atoms with E-state index < -0.39 is 5.97 Å². The number of aromatic carboxylic acids is 1. The minimum atomic E-state index is -0.990. The molecule has 0 aromatic heterocycles. The molecule has 1 N–H and O–H groups in total. The van der Waals surface area contributed by atoms with Gasteiger partial charge >= 0.3 is 5.97 Å². The summed E-state index contributed by atoms with van der Waals surface area (Å²) in [5, 5.41) is 19.0. The van der Waals surface area contributed by atoms with Gasteiger partial charge in [0.1, 0.15) is 18.2 Å². The fraction of sp³-hybridized carbons (Fsp3) is 0.219. The molecule has 40 heavy (non-hydrogen) atoms. The van der Waals surface area contributed by atoms with E-state index in [2.05, 4.69) is 29.7 Å². The van der Waals surface area contributed by atoms with Gasteiger partial charge in [-0.1, -0.05) is 36.4 Å². The van der Waals surface area contributed by atoms with Crippen molar-refractivity contribution in [2.24, 2.45) is 0 Å². The van der Waals surface area contributed by atoms with Crippen molar-refractivity contribution in [1.29, 1.82) is 5.26 Å². The van der Waals surface area contributed by atoms with Crippen molar-refractivity contribution in [3.63, 3.8) is 0 Å². The molecule has 1 heterocycles. The number of hydrogen-bond acceptors (Lipinski definition) is 6. The van der Waals surface area contributed by atoms with E-state index in [-0.39, 0.29) is 23.7 Å². The largest absolute Gasteiger partial charge is 0.493 e. The SMILES string of the molecule is C=CCc1cc(/C=C(/C#N)C(=O)N2CCN(c3ccccc3)CC2)cc(OC)c1OCc1ccc(C(=O)O)cc1. The summed E-state index contributed by atoms with van der Waals surface area (Å²) in [6, 6.07) is 22.2. The molecule has 0 aliphatic carbocycles. The molecule has 3 aromatic carbocycles. The zero-order valence-electron chi connectivity index (χ0n) is 22.4. The maximum Gasteiger partial charge on any atom is 0.335 e. The predicted molar refractivity (Wildman–Crippen MR) is 153 cm³/mol. The minimum absolute atomic E-state index is 0.0481. The Balaban J connectivity index is 1.51. The van der Waals surface area contributed by atoms with E-state index in [9.17, 15) is 14.9 Å². The lowest BCUT2D eigenvalue weighted by Gasteiger charge is -2.36. The highest BCUT2D eigenvalue weighted by Gasteiger charge is 2.24. The Bertz CT molecular complexity index is 1430. The number of carbonyl (C=O) groups is 2. The number of nitriles is 1. The average Bonchev–Trinajstić information content (AvgIpc) is 2.99. The molecule has 1 fully saturated rings. The van der Waals surface area contributed by atoms with Crippen molar-refractivity contribution < 1.29 is 24.2 Å². The number of carboxylic acid groups (broad SMARTS) is 1. The molecule has 1 saturated heterocycles. The second kappa shape index (κ2) is 13.2. The predicted octanol–water partition coefficient (Wildman–Crippen LogP) is 4.96. The lowest BCUT2D eigenvalue weighted by molar-refractivity contribution is -0.126. The second-order valence-electron chi connectivity index (χ2n) is 9.28. The smallest absolute Gasteiger partial charge is 0.335 e. The molecule has 204 valence electrons. The minimum Gasteiger partial charge on any atom is -0.493 e. The van der Waals surface area contributed by atoms with Crippen LogP contribution in [0, 0.1) is 11.3 Å². The number of piperazine rings is 1. The average molecular weight is 538 g/mol. The second-order valence-corrected chi connectivity index (χ2v) is 9.28. The van der Waals surface area contributed by atoms with Crippen LogP contribution in [0.2, 0.25) is 0 Å². The molecule has 4 rings (SSSR count). The number of nitrogens with zero attached hydrogens (tertiary/aromatic N) is 3. The molecule has 0 spiro atoms. The fourth-order valence-electron chi connectivity index (χ4n) is 4.57. The highest BCUT2D eigenvalue weighted by molar-refractivity contribution is 6.02. The van der Waals surface area contributed by atoms with Crippen LogP contribution in [-0.4, -0.2) is 55.2 Å². The van der Waals surface area contributed by atoms with Gasteiger partial charge < -0.3 is 24.4 Å². The van der Waals surface area contributed by atoms with Crippen LogP contribution in [0.15, 0.2) is 85.0 Å². The number of anilines is 1. The first-order valence-electron chi connectivity index (χ1n) is 12.9. The summed E-state index contributed by atoms with van der Waals surface area (Å²) >= 11 is 0. The monoisotopic (exact) mass is 537 g/mol. The van der Waals surface area contributed by atoms with Gasteiger partial charge in [-0.05, 0) is 60.0 Å². The number of benzene rings is 3. The lowest BCUT2D eigenvalue weighted by Crippen LogP contribution is -2.49. The maximum absolute atomic E-state index is 13.2. The van der Waals surface area contributed by atoms with Crippen LogP contribution >= 0.6 is 0 Å². The Kier molecular flexibility index (Phi) is 9.21. The number of carbonyl (C=O) groups excluding carboxylic acids is 1. The van der Waals surface area contributed by atoms with Crippen LogP contribution in [-0.2, 0) is 17.8 Å². The molecule has 8 nitrogen and oxygen atoms in total. The van der Waals surface area contributed by atoms with Gasteiger partial charge in [-0.3, -0.25) is 4.79 Å². The summed E-state index contributed by atoms with van der Waals surface area (Å²) in [5.74, 6) is -0.321. The zero-order chi connectivity index (χ0) is 28.5. The van der Waals surface area contributed by atoms with Crippen molar-refractivity contribution in [3.8, 4) is 17.6 Å². The number of amides is 1. The lowest BCUT2D eigenvalue weighted by atomic mass is 10.0. The summed E-state index contributed by atoms with van der Waals surface area (Å²) < 4.78 is 11.7. The normalized spacial score (nSPS) is 13.3. The molecule has 0 saturated carbocycles. The van der Waals surface area contributed by atoms with Crippen molar-refractivity contribution in [1.82, 2.24) is 4.90 Å². The third-order valence-electron chi connectivity index (χ3n) is 6.67. The van der Waals surface area contributed by atoms with Gasteiger partial charge in [-0.25, -0.2) is 4.79 Å². The Morgan fingerprint density at radius 2 is 1.75 bits per heavy atom. The first-order valence-corrected chi connectivity index (χ1v) is 12.9. The van der Waals surface area contributed by atoms with E-state index in [1.165, 1.54) is 19.2 Å². The third-order valence-corrected chi connectivity index (χ3v) is 6.67. The third kappa shape index (κ3) is 6.69. The summed E-state index contributed by atoms with van der Waals surface area (Å²) in [7, 11) is 1.53. The van der Waals surface area contributed by atoms with Crippen molar-refractivity contribution in [2.75, 3.05) is 38.2 Å². The summed E-state index contributed by atoms with van der Waals surface area (Å²) in [6.07, 6.45) is 3.79. The van der Waals surface area contributed by atoms with E-state index in [0.717, 1.165) is 16.8 Å². The molecule has 0 bridgehead atoms. The molecule has 0 radical (unpaired) electrons. The molecule has 1 aliphatic rings. The highest BCUT2D eigenvalue weighted by Crippen LogP contribution is 2.35. The van der Waals surface area contributed by atoms with Crippen molar-refractivity contribution in [3.05, 3.63) is 107 Å². The quantitative estimate of drug-likeness (QED) is 0.222. The molecule has 1 aliphatic heterocycles. The van der Waals surface area contributed by atoms with Crippen molar-refractivity contribution >= 4 is 23.6 Å². The van der Waals surface area contributed by atoms with Crippen LogP contribution < -0.4 is 14.4 Å². The molecular formula is C32H31N3O5. The van der Waals surface area contributed by atoms with Gasteiger partial charge in [-0.2, -0.15) is 5.26 Å². The molecular weight excluding hydrogens is 506 g/mol. The van der Waals surface area contributed by atoms with Gasteiger partial charge in [0.25, 0.3) is 5.91 Å². The zero-order valence-corrected chi connectivity index (χ0v) is 22.4. The van der Waals surface area contributed by atoms with Gasteiger partial charge in [0.05, 0.1) is 12.7 Å². The Morgan fingerprint density at radius 1 is 1.05 bits per heavy atom. The molecule has 0 atom stereocenters. The number of allylic oxidation sites excluding steroid dienone is 1. The number of methoxy groups -OCH3 is 1. The first kappa shape index (κ1) is 28.0. The fourth-order valence-corrected chi connectivity index (χ4v) is 4.57. The van der Waals surface area contributed by atoms with Gasteiger partial charge in [0.2, 0.25) is 0 Å². The van der Waals surface area contributed by atoms with E-state index in [1.807, 2.05) is 24.3 Å². The number of carboxylic acids is 1. The van der Waals surface area contributed by atoms with Crippen molar-refractivity contribution in [2.45, 2.75) is 13.0 Å². The Morgan fingerprint density at radius 3 is 2.35 bits per heavy atom. The van der Waals surface area contributed by atoms with E-state index in [0.29, 0.717) is 49.7 Å². The summed E-state index contributed by atoms with van der Waals surface area (Å²) in [6.45, 7) is 6.47. The highest BCUT2D eigenvalue weighted by atomic mass is 16.5. The Hall–Kier alpha value is -5.03. The van der Waals surface area contributed by atoms with E-state index in [1.54, 1.807) is 35.3 Å². The molecule has 8 heteroatoms. The van der Waals surface area contributed by atoms with Gasteiger partial charge in [-0.15, -0.1) is 6.58 Å². The van der Waals surface area contributed by atoms with Gasteiger partial charge in [0.15, 0.2) is 11.5 Å². The van der Waals surface area contributed by atoms with Crippen LogP contribution in [0.5, 0.6) is 11.5 Å². The van der Waals surface area contributed by atoms with E-state index >= 15 is 0 Å². The van der Waals surface area contributed by atoms with Crippen LogP contribution in [0.4, 0.5) is 5.69 Å². The maximum atomic E-state index is 13.2. The number of para-hydroxylation sites is 1.